The van der Waals surface area contributed by atoms with Crippen LogP contribution in [-0.2, 0) is 17.2 Å². The van der Waals surface area contributed by atoms with E-state index in [2.05, 4.69) is 26.1 Å². The Hall–Kier alpha value is -0.690. The molecule has 2 heterocycles. The lowest BCUT2D eigenvalue weighted by molar-refractivity contribution is 0.0744. The number of carbonyl (C=O) groups is 1. The fraction of sp³-hybridized carbons (Fsp3) is 0.667. The number of aryl methyl sites for hydroxylation is 1. The molecule has 0 aromatic carbocycles. The number of halogens is 1. The zero-order valence-electron chi connectivity index (χ0n) is 11.3. The normalized spacial score (nSPS) is 27.6. The van der Waals surface area contributed by atoms with Gasteiger partial charge < -0.3 is 4.90 Å². The first kappa shape index (κ1) is 14.7. The number of H-pyrrole nitrogens is 1. The van der Waals surface area contributed by atoms with E-state index in [0.717, 1.165) is 16.6 Å². The first-order valence-electron chi connectivity index (χ1n) is 6.37. The molecular weight excluding hydrogens is 330 g/mol. The van der Waals surface area contributed by atoms with Crippen LogP contribution >= 0.6 is 15.9 Å². The number of hydrogen-bond donors (Lipinski definition) is 1. The molecule has 0 saturated carbocycles. The van der Waals surface area contributed by atoms with Crippen LogP contribution in [0.15, 0.2) is 4.47 Å². The number of aromatic amines is 1. The van der Waals surface area contributed by atoms with E-state index in [1.54, 1.807) is 4.90 Å². The molecule has 1 aromatic heterocycles. The number of nitrogens with one attached hydrogen (secondary N) is 1. The van der Waals surface area contributed by atoms with Crippen LogP contribution in [0.2, 0.25) is 0 Å². The van der Waals surface area contributed by atoms with Crippen molar-refractivity contribution in [2.75, 3.05) is 13.1 Å². The fourth-order valence-corrected chi connectivity index (χ4v) is 4.37. The number of nitrogens with zero attached hydrogens (tertiary/aromatic N) is 2. The van der Waals surface area contributed by atoms with Crippen molar-refractivity contribution < 1.29 is 9.00 Å². The molecule has 19 heavy (non-hydrogen) atoms. The summed E-state index contributed by atoms with van der Waals surface area (Å²) >= 11 is 3.42. The molecule has 1 aromatic rings. The predicted molar refractivity (Wildman–Crippen MR) is 78.6 cm³/mol. The van der Waals surface area contributed by atoms with Gasteiger partial charge in [-0.3, -0.25) is 14.1 Å². The largest absolute Gasteiger partial charge is 0.335 e. The Morgan fingerprint density at radius 1 is 1.47 bits per heavy atom. The number of amides is 1. The van der Waals surface area contributed by atoms with Crippen molar-refractivity contribution in [2.45, 2.75) is 37.7 Å². The zero-order chi connectivity index (χ0) is 14.2. The second-order valence-electron chi connectivity index (χ2n) is 4.88. The molecule has 0 bridgehead atoms. The Morgan fingerprint density at radius 3 is 2.53 bits per heavy atom. The molecule has 0 aliphatic carbocycles. The Bertz CT molecular complexity index is 503. The summed E-state index contributed by atoms with van der Waals surface area (Å²) in [4.78, 5) is 14.2. The third-order valence-electron chi connectivity index (χ3n) is 3.37. The summed E-state index contributed by atoms with van der Waals surface area (Å²) in [5.41, 5.74) is 1.34. The van der Waals surface area contributed by atoms with Gasteiger partial charge in [0.05, 0.1) is 4.47 Å². The van der Waals surface area contributed by atoms with Gasteiger partial charge in [-0.05, 0) is 36.2 Å². The molecular formula is C12H18BrN3O2S. The molecule has 2 unspecified atom stereocenters. The van der Waals surface area contributed by atoms with Crippen LogP contribution in [0.1, 0.15) is 37.0 Å². The number of aromatic nitrogens is 2. The standard InChI is InChI=1S/C12H18BrN3O2S/c1-4-9-10(13)11(15-14-9)12(17)16-5-7(2)19(18)8(3)6-16/h7-8H,4-6H2,1-3H3,(H,14,15). The van der Waals surface area contributed by atoms with Crippen LogP contribution in [0, 0.1) is 0 Å². The molecule has 106 valence electrons. The molecule has 1 saturated heterocycles. The summed E-state index contributed by atoms with van der Waals surface area (Å²) in [5, 5.41) is 6.98. The molecule has 0 spiro atoms. The minimum absolute atomic E-state index is 0.0102. The van der Waals surface area contributed by atoms with Crippen LogP contribution in [0.4, 0.5) is 0 Å². The maximum Gasteiger partial charge on any atom is 0.275 e. The van der Waals surface area contributed by atoms with Gasteiger partial charge in [0.2, 0.25) is 0 Å². The lowest BCUT2D eigenvalue weighted by atomic mass is 10.2. The first-order chi connectivity index (χ1) is 8.95. The van der Waals surface area contributed by atoms with Crippen molar-refractivity contribution in [1.29, 1.82) is 0 Å². The number of carbonyl (C=O) groups excluding carboxylic acids is 1. The molecule has 2 atom stereocenters. The molecule has 0 radical (unpaired) electrons. The van der Waals surface area contributed by atoms with Crippen molar-refractivity contribution in [3.8, 4) is 0 Å². The predicted octanol–water partition coefficient (Wildman–Crippen LogP) is 1.72. The van der Waals surface area contributed by atoms with E-state index in [1.807, 2.05) is 20.8 Å². The van der Waals surface area contributed by atoms with E-state index in [9.17, 15) is 9.00 Å². The van der Waals surface area contributed by atoms with Crippen molar-refractivity contribution in [2.24, 2.45) is 0 Å². The third-order valence-corrected chi connectivity index (χ3v) is 6.11. The minimum Gasteiger partial charge on any atom is -0.335 e. The van der Waals surface area contributed by atoms with E-state index >= 15 is 0 Å². The van der Waals surface area contributed by atoms with E-state index < -0.39 is 10.8 Å². The Kier molecular flexibility index (Phi) is 4.45. The van der Waals surface area contributed by atoms with Gasteiger partial charge in [-0.25, -0.2) is 0 Å². The Labute approximate surface area is 123 Å². The van der Waals surface area contributed by atoms with Crippen molar-refractivity contribution >= 4 is 32.6 Å². The van der Waals surface area contributed by atoms with Crippen molar-refractivity contribution in [3.05, 3.63) is 15.9 Å². The van der Waals surface area contributed by atoms with Gasteiger partial charge in [0.25, 0.3) is 5.91 Å². The second-order valence-corrected chi connectivity index (χ2v) is 7.94. The molecule has 1 N–H and O–H groups in total. The average molecular weight is 348 g/mol. The summed E-state index contributed by atoms with van der Waals surface area (Å²) in [5.74, 6) is -0.0989. The van der Waals surface area contributed by atoms with E-state index in [1.165, 1.54) is 0 Å². The monoisotopic (exact) mass is 347 g/mol. The summed E-state index contributed by atoms with van der Waals surface area (Å²) < 4.78 is 12.6. The SMILES string of the molecule is CCc1[nH]nc(C(=O)N2CC(C)S(=O)C(C)C2)c1Br. The fourth-order valence-electron chi connectivity index (χ4n) is 2.29. The highest BCUT2D eigenvalue weighted by Gasteiger charge is 2.33. The van der Waals surface area contributed by atoms with Gasteiger partial charge >= 0.3 is 0 Å². The summed E-state index contributed by atoms with van der Waals surface area (Å²) in [6, 6.07) is 0. The Balaban J connectivity index is 2.20. The van der Waals surface area contributed by atoms with Crippen molar-refractivity contribution in [3.63, 3.8) is 0 Å². The second kappa shape index (κ2) is 5.75. The summed E-state index contributed by atoms with van der Waals surface area (Å²) in [7, 11) is -0.859. The van der Waals surface area contributed by atoms with Gasteiger partial charge in [-0.1, -0.05) is 6.92 Å². The third kappa shape index (κ3) is 2.76. The van der Waals surface area contributed by atoms with Gasteiger partial charge in [0.1, 0.15) is 0 Å². The van der Waals surface area contributed by atoms with Gasteiger partial charge in [0.15, 0.2) is 5.69 Å². The summed E-state index contributed by atoms with van der Waals surface area (Å²) in [6.07, 6.45) is 0.789. The quantitative estimate of drug-likeness (QED) is 0.885. The van der Waals surface area contributed by atoms with E-state index in [-0.39, 0.29) is 16.4 Å². The van der Waals surface area contributed by atoms with E-state index in [0.29, 0.717) is 18.8 Å². The zero-order valence-corrected chi connectivity index (χ0v) is 13.7. The highest BCUT2D eigenvalue weighted by Crippen LogP contribution is 2.23. The maximum atomic E-state index is 12.5. The van der Waals surface area contributed by atoms with Crippen LogP contribution in [-0.4, -0.2) is 48.8 Å². The molecule has 1 aliphatic heterocycles. The molecule has 2 rings (SSSR count). The van der Waals surface area contributed by atoms with Gasteiger partial charge in [-0.15, -0.1) is 0 Å². The number of hydrogen-bond acceptors (Lipinski definition) is 3. The molecule has 1 amide bonds. The average Bonchev–Trinajstić information content (AvgIpc) is 2.75. The van der Waals surface area contributed by atoms with Gasteiger partial charge in [-0.2, -0.15) is 5.10 Å². The van der Waals surface area contributed by atoms with Crippen LogP contribution in [0.25, 0.3) is 0 Å². The molecule has 1 aliphatic rings. The number of rotatable bonds is 2. The van der Waals surface area contributed by atoms with Crippen LogP contribution in [0.3, 0.4) is 0 Å². The topological polar surface area (TPSA) is 66.1 Å². The molecule has 5 nitrogen and oxygen atoms in total. The minimum atomic E-state index is -0.859. The first-order valence-corrected chi connectivity index (χ1v) is 8.44. The summed E-state index contributed by atoms with van der Waals surface area (Å²) in [6.45, 7) is 6.89. The molecule has 7 heteroatoms. The smallest absolute Gasteiger partial charge is 0.275 e. The Morgan fingerprint density at radius 2 is 2.05 bits per heavy atom. The lowest BCUT2D eigenvalue weighted by Gasteiger charge is -2.34. The van der Waals surface area contributed by atoms with Crippen molar-refractivity contribution in [1.82, 2.24) is 15.1 Å². The van der Waals surface area contributed by atoms with E-state index in [4.69, 9.17) is 0 Å². The van der Waals surface area contributed by atoms with Crippen LogP contribution < -0.4 is 0 Å². The van der Waals surface area contributed by atoms with Crippen LogP contribution in [0.5, 0.6) is 0 Å². The molecule has 1 fully saturated rings. The van der Waals surface area contributed by atoms with Gasteiger partial charge in [0, 0.05) is 40.1 Å². The maximum absolute atomic E-state index is 12.5. The highest BCUT2D eigenvalue weighted by molar-refractivity contribution is 9.10. The lowest BCUT2D eigenvalue weighted by Crippen LogP contribution is -2.49. The highest BCUT2D eigenvalue weighted by atomic mass is 79.9.